The second-order valence-electron chi connectivity index (χ2n) is 7.06. The Balaban J connectivity index is 1.75. The smallest absolute Gasteiger partial charge is 0.279 e. The van der Waals surface area contributed by atoms with Gasteiger partial charge in [0.05, 0.1) is 0 Å². The molecule has 0 aromatic heterocycles. The highest BCUT2D eigenvalue weighted by Crippen LogP contribution is 2.19. The van der Waals surface area contributed by atoms with Crippen molar-refractivity contribution in [2.75, 3.05) is 6.61 Å². The Kier molecular flexibility index (Phi) is 7.44. The summed E-state index contributed by atoms with van der Waals surface area (Å²) in [6, 6.07) is 13.2. The van der Waals surface area contributed by atoms with Crippen molar-refractivity contribution >= 4 is 11.8 Å². The normalized spacial score (nSPS) is 11.6. The molecular formula is C22H28N2O4. The molecule has 0 saturated heterocycles. The van der Waals surface area contributed by atoms with E-state index in [1.165, 1.54) is 5.56 Å². The van der Waals surface area contributed by atoms with Crippen molar-refractivity contribution in [3.05, 3.63) is 59.2 Å². The molecule has 0 aliphatic carbocycles. The first-order valence-corrected chi connectivity index (χ1v) is 9.31. The molecule has 1 unspecified atom stereocenters. The quantitative estimate of drug-likeness (QED) is 0.717. The fraction of sp³-hybridized carbons (Fsp3) is 0.364. The van der Waals surface area contributed by atoms with Crippen LogP contribution in [0.5, 0.6) is 11.5 Å². The SMILES string of the molecule is Cc1ccc(OC(C)C(=O)NNC(=O)COc2ccc(C(C)C)cc2)cc1C. The predicted molar refractivity (Wildman–Crippen MR) is 108 cm³/mol. The van der Waals surface area contributed by atoms with Gasteiger partial charge in [0, 0.05) is 0 Å². The molecule has 0 radical (unpaired) electrons. The van der Waals surface area contributed by atoms with Crippen molar-refractivity contribution in [2.45, 2.75) is 46.6 Å². The van der Waals surface area contributed by atoms with E-state index < -0.39 is 17.9 Å². The number of carbonyl (C=O) groups excluding carboxylic acids is 2. The maximum absolute atomic E-state index is 12.1. The minimum atomic E-state index is -0.757. The van der Waals surface area contributed by atoms with E-state index in [1.54, 1.807) is 6.92 Å². The van der Waals surface area contributed by atoms with E-state index >= 15 is 0 Å². The van der Waals surface area contributed by atoms with Crippen LogP contribution in [0.4, 0.5) is 0 Å². The van der Waals surface area contributed by atoms with Crippen LogP contribution in [0.2, 0.25) is 0 Å². The summed E-state index contributed by atoms with van der Waals surface area (Å²) in [4.78, 5) is 24.0. The zero-order valence-corrected chi connectivity index (χ0v) is 17.0. The number of rotatable bonds is 7. The summed E-state index contributed by atoms with van der Waals surface area (Å²) < 4.78 is 11.0. The molecular weight excluding hydrogens is 356 g/mol. The summed E-state index contributed by atoms with van der Waals surface area (Å²) in [6.07, 6.45) is -0.757. The highest BCUT2D eigenvalue weighted by atomic mass is 16.5. The van der Waals surface area contributed by atoms with Crippen LogP contribution in [0.25, 0.3) is 0 Å². The van der Waals surface area contributed by atoms with E-state index in [2.05, 4.69) is 24.7 Å². The summed E-state index contributed by atoms with van der Waals surface area (Å²) in [5.74, 6) is 0.718. The minimum absolute atomic E-state index is 0.201. The topological polar surface area (TPSA) is 76.7 Å². The minimum Gasteiger partial charge on any atom is -0.484 e. The van der Waals surface area contributed by atoms with Crippen LogP contribution >= 0.6 is 0 Å². The number of amides is 2. The van der Waals surface area contributed by atoms with Crippen LogP contribution in [-0.4, -0.2) is 24.5 Å². The number of aryl methyl sites for hydroxylation is 2. The van der Waals surface area contributed by atoms with Gasteiger partial charge < -0.3 is 9.47 Å². The molecule has 2 amide bonds. The largest absolute Gasteiger partial charge is 0.484 e. The first-order valence-electron chi connectivity index (χ1n) is 9.31. The second kappa shape index (κ2) is 9.78. The zero-order valence-electron chi connectivity index (χ0n) is 17.0. The van der Waals surface area contributed by atoms with Gasteiger partial charge in [-0.15, -0.1) is 0 Å². The molecule has 0 bridgehead atoms. The van der Waals surface area contributed by atoms with Gasteiger partial charge in [0.15, 0.2) is 12.7 Å². The summed E-state index contributed by atoms with van der Waals surface area (Å²) in [7, 11) is 0. The predicted octanol–water partition coefficient (Wildman–Crippen LogP) is 3.42. The lowest BCUT2D eigenvalue weighted by atomic mass is 10.0. The van der Waals surface area contributed by atoms with Crippen LogP contribution in [0.3, 0.4) is 0 Å². The van der Waals surface area contributed by atoms with Crippen molar-refractivity contribution in [1.29, 1.82) is 0 Å². The fourth-order valence-electron chi connectivity index (χ4n) is 2.41. The molecule has 150 valence electrons. The van der Waals surface area contributed by atoms with Crippen molar-refractivity contribution in [3.8, 4) is 11.5 Å². The number of hydrogen-bond donors (Lipinski definition) is 2. The number of hydrogen-bond acceptors (Lipinski definition) is 4. The Morgan fingerprint density at radius 1 is 0.893 bits per heavy atom. The van der Waals surface area contributed by atoms with E-state index in [-0.39, 0.29) is 6.61 Å². The van der Waals surface area contributed by atoms with Gasteiger partial charge in [-0.05, 0) is 67.6 Å². The first-order chi connectivity index (χ1) is 13.3. The van der Waals surface area contributed by atoms with Crippen molar-refractivity contribution in [1.82, 2.24) is 10.9 Å². The molecule has 28 heavy (non-hydrogen) atoms. The molecule has 0 heterocycles. The maximum atomic E-state index is 12.1. The van der Waals surface area contributed by atoms with E-state index in [0.717, 1.165) is 11.1 Å². The lowest BCUT2D eigenvalue weighted by Gasteiger charge is -2.16. The summed E-state index contributed by atoms with van der Waals surface area (Å²) in [5, 5.41) is 0. The third-order valence-electron chi connectivity index (χ3n) is 4.40. The van der Waals surface area contributed by atoms with Gasteiger partial charge in [0.1, 0.15) is 11.5 Å². The average Bonchev–Trinajstić information content (AvgIpc) is 2.67. The molecule has 0 spiro atoms. The lowest BCUT2D eigenvalue weighted by Crippen LogP contribution is -2.48. The van der Waals surface area contributed by atoms with Gasteiger partial charge in [-0.1, -0.05) is 32.0 Å². The molecule has 2 aromatic rings. The Hall–Kier alpha value is -3.02. The number of carbonyl (C=O) groups is 2. The number of ether oxygens (including phenoxy) is 2. The second-order valence-corrected chi connectivity index (χ2v) is 7.06. The van der Waals surface area contributed by atoms with Gasteiger partial charge in [-0.3, -0.25) is 20.4 Å². The molecule has 0 aliphatic rings. The molecule has 0 fully saturated rings. The summed E-state index contributed by atoms with van der Waals surface area (Å²) >= 11 is 0. The van der Waals surface area contributed by atoms with Crippen molar-refractivity contribution in [2.24, 2.45) is 0 Å². The maximum Gasteiger partial charge on any atom is 0.279 e. The van der Waals surface area contributed by atoms with E-state index in [4.69, 9.17) is 9.47 Å². The Morgan fingerprint density at radius 2 is 1.54 bits per heavy atom. The molecule has 6 nitrogen and oxygen atoms in total. The van der Waals surface area contributed by atoms with Gasteiger partial charge in [-0.25, -0.2) is 0 Å². The molecule has 1 atom stereocenters. The average molecular weight is 384 g/mol. The Labute approximate surface area is 166 Å². The standard InChI is InChI=1S/C22H28N2O4/c1-14(2)18-7-10-19(11-8-18)27-13-21(25)23-24-22(26)17(5)28-20-9-6-15(3)16(4)12-20/h6-12,14,17H,13H2,1-5H3,(H,23,25)(H,24,26). The van der Waals surface area contributed by atoms with Crippen LogP contribution < -0.4 is 20.3 Å². The molecule has 6 heteroatoms. The first kappa shape index (κ1) is 21.3. The van der Waals surface area contributed by atoms with E-state index in [9.17, 15) is 9.59 Å². The van der Waals surface area contributed by atoms with Gasteiger partial charge in [-0.2, -0.15) is 0 Å². The van der Waals surface area contributed by atoms with Gasteiger partial charge >= 0.3 is 0 Å². The highest BCUT2D eigenvalue weighted by Gasteiger charge is 2.16. The number of hydrazine groups is 1. The summed E-state index contributed by atoms with van der Waals surface area (Å²) in [6.45, 7) is 9.61. The molecule has 2 aromatic carbocycles. The highest BCUT2D eigenvalue weighted by molar-refractivity contribution is 5.85. The molecule has 2 rings (SSSR count). The lowest BCUT2D eigenvalue weighted by molar-refractivity contribution is -0.133. The zero-order chi connectivity index (χ0) is 20.7. The Bertz CT molecular complexity index is 816. The van der Waals surface area contributed by atoms with Crippen molar-refractivity contribution < 1.29 is 19.1 Å². The molecule has 0 saturated carbocycles. The van der Waals surface area contributed by atoms with Gasteiger partial charge in [0.2, 0.25) is 0 Å². The number of benzene rings is 2. The van der Waals surface area contributed by atoms with Crippen LogP contribution in [-0.2, 0) is 9.59 Å². The van der Waals surface area contributed by atoms with Crippen LogP contribution in [0.1, 0.15) is 43.4 Å². The summed E-state index contributed by atoms with van der Waals surface area (Å²) in [5.41, 5.74) is 8.10. The Morgan fingerprint density at radius 3 is 2.14 bits per heavy atom. The van der Waals surface area contributed by atoms with E-state index in [0.29, 0.717) is 17.4 Å². The number of nitrogens with one attached hydrogen (secondary N) is 2. The van der Waals surface area contributed by atoms with Crippen molar-refractivity contribution in [3.63, 3.8) is 0 Å². The fourth-order valence-corrected chi connectivity index (χ4v) is 2.41. The third-order valence-corrected chi connectivity index (χ3v) is 4.40. The third kappa shape index (κ3) is 6.30. The van der Waals surface area contributed by atoms with Crippen LogP contribution in [0.15, 0.2) is 42.5 Å². The van der Waals surface area contributed by atoms with E-state index in [1.807, 2.05) is 56.3 Å². The van der Waals surface area contributed by atoms with Gasteiger partial charge in [0.25, 0.3) is 11.8 Å². The monoisotopic (exact) mass is 384 g/mol. The molecule has 2 N–H and O–H groups in total. The van der Waals surface area contributed by atoms with Crippen LogP contribution in [0, 0.1) is 13.8 Å². The molecule has 0 aliphatic heterocycles.